The Kier molecular flexibility index (Phi) is 8.70. The van der Waals surface area contributed by atoms with Crippen LogP contribution in [0, 0.1) is 0 Å². The molecule has 3 heteroatoms. The molecule has 0 radical (unpaired) electrons. The standard InChI is InChI=1S/C7H16O2.Hf/c1-4-5-9-6-7(2,3)8;/h8H,4-6H2,1-3H3;. The Morgan fingerprint density at radius 3 is 2.20 bits per heavy atom. The van der Waals surface area contributed by atoms with Crippen molar-refractivity contribution in [2.45, 2.75) is 32.8 Å². The van der Waals surface area contributed by atoms with Crippen molar-refractivity contribution in [3.63, 3.8) is 0 Å². The van der Waals surface area contributed by atoms with E-state index in [1.807, 2.05) is 6.92 Å². The second-order valence-electron chi connectivity index (χ2n) is 2.87. The third-order valence-corrected chi connectivity index (χ3v) is 0.804. The summed E-state index contributed by atoms with van der Waals surface area (Å²) in [7, 11) is 0. The van der Waals surface area contributed by atoms with Gasteiger partial charge in [-0.3, -0.25) is 0 Å². The topological polar surface area (TPSA) is 29.5 Å². The normalized spacial score (nSPS) is 10.8. The average Bonchev–Trinajstić information content (AvgIpc) is 1.63. The number of rotatable bonds is 4. The summed E-state index contributed by atoms with van der Waals surface area (Å²) in [6.45, 7) is 6.69. The van der Waals surface area contributed by atoms with Gasteiger partial charge >= 0.3 is 0 Å². The maximum absolute atomic E-state index is 9.12. The second-order valence-corrected chi connectivity index (χ2v) is 2.87. The summed E-state index contributed by atoms with van der Waals surface area (Å²) in [4.78, 5) is 0. The van der Waals surface area contributed by atoms with E-state index in [0.717, 1.165) is 13.0 Å². The van der Waals surface area contributed by atoms with Gasteiger partial charge in [0.2, 0.25) is 0 Å². The van der Waals surface area contributed by atoms with Gasteiger partial charge in [0, 0.05) is 32.5 Å². The molecule has 0 heterocycles. The summed E-state index contributed by atoms with van der Waals surface area (Å²) in [5.41, 5.74) is -0.671. The van der Waals surface area contributed by atoms with Crippen LogP contribution in [-0.2, 0) is 30.6 Å². The molecule has 60 valence electrons. The SMILES string of the molecule is CCCOCC(C)(C)O.[Hf]. The van der Waals surface area contributed by atoms with Gasteiger partial charge in [0.15, 0.2) is 0 Å². The molecule has 0 aromatic carbocycles. The van der Waals surface area contributed by atoms with Crippen LogP contribution in [-0.4, -0.2) is 23.9 Å². The Morgan fingerprint density at radius 1 is 1.40 bits per heavy atom. The summed E-state index contributed by atoms with van der Waals surface area (Å²) in [6, 6.07) is 0. The molecular formula is C7H16HfO2. The Balaban J connectivity index is 0. The van der Waals surface area contributed by atoms with E-state index in [9.17, 15) is 0 Å². The van der Waals surface area contributed by atoms with Crippen molar-refractivity contribution < 1.29 is 35.7 Å². The Bertz CT molecular complexity index is 68.5. The monoisotopic (exact) mass is 312 g/mol. The van der Waals surface area contributed by atoms with E-state index in [-0.39, 0.29) is 25.8 Å². The van der Waals surface area contributed by atoms with E-state index in [4.69, 9.17) is 9.84 Å². The van der Waals surface area contributed by atoms with Crippen LogP contribution < -0.4 is 0 Å². The molecule has 0 unspecified atom stereocenters. The largest absolute Gasteiger partial charge is 0.388 e. The zero-order chi connectivity index (χ0) is 7.33. The molecule has 0 aliphatic heterocycles. The van der Waals surface area contributed by atoms with Gasteiger partial charge in [-0.05, 0) is 20.3 Å². The third-order valence-electron chi connectivity index (χ3n) is 0.804. The predicted molar refractivity (Wildman–Crippen MR) is 37.4 cm³/mol. The summed E-state index contributed by atoms with van der Waals surface area (Å²) in [5.74, 6) is 0. The van der Waals surface area contributed by atoms with Crippen molar-refractivity contribution >= 4 is 0 Å². The van der Waals surface area contributed by atoms with Crippen LogP contribution in [0.5, 0.6) is 0 Å². The molecule has 0 amide bonds. The first-order chi connectivity index (χ1) is 4.06. The average molecular weight is 311 g/mol. The second kappa shape index (κ2) is 6.50. The van der Waals surface area contributed by atoms with Gasteiger partial charge < -0.3 is 9.84 Å². The minimum atomic E-state index is -0.671. The van der Waals surface area contributed by atoms with Crippen LogP contribution in [0.25, 0.3) is 0 Å². The molecule has 0 bridgehead atoms. The van der Waals surface area contributed by atoms with Gasteiger partial charge in [0.1, 0.15) is 0 Å². The van der Waals surface area contributed by atoms with Crippen LogP contribution in [0.2, 0.25) is 0 Å². The summed E-state index contributed by atoms with van der Waals surface area (Å²) < 4.78 is 5.10. The molecular weight excluding hydrogens is 295 g/mol. The number of aliphatic hydroxyl groups is 1. The molecule has 0 aliphatic rings. The van der Waals surface area contributed by atoms with Gasteiger partial charge in [0.25, 0.3) is 0 Å². The molecule has 0 aromatic rings. The molecule has 0 atom stereocenters. The fraction of sp³-hybridized carbons (Fsp3) is 1.00. The molecule has 0 spiro atoms. The summed E-state index contributed by atoms with van der Waals surface area (Å²) in [5, 5.41) is 9.12. The van der Waals surface area contributed by atoms with Gasteiger partial charge in [-0.25, -0.2) is 0 Å². The number of hydrogen-bond donors (Lipinski definition) is 1. The van der Waals surface area contributed by atoms with Crippen LogP contribution in [0.1, 0.15) is 27.2 Å². The van der Waals surface area contributed by atoms with Crippen molar-refractivity contribution in [1.82, 2.24) is 0 Å². The molecule has 0 fully saturated rings. The number of hydrogen-bond acceptors (Lipinski definition) is 2. The van der Waals surface area contributed by atoms with Crippen LogP contribution in [0.4, 0.5) is 0 Å². The minimum Gasteiger partial charge on any atom is -0.388 e. The van der Waals surface area contributed by atoms with Crippen molar-refractivity contribution in [3.05, 3.63) is 0 Å². The number of ether oxygens (including phenoxy) is 1. The first-order valence-corrected chi connectivity index (χ1v) is 3.36. The van der Waals surface area contributed by atoms with Crippen LogP contribution in [0.15, 0.2) is 0 Å². The Labute approximate surface area is 81.7 Å². The molecule has 0 saturated heterocycles. The predicted octanol–water partition coefficient (Wildman–Crippen LogP) is 1.18. The third kappa shape index (κ3) is 11.6. The molecule has 2 nitrogen and oxygen atoms in total. The van der Waals surface area contributed by atoms with Gasteiger partial charge in [-0.1, -0.05) is 6.92 Å². The smallest absolute Gasteiger partial charge is 0.0824 e. The first kappa shape index (κ1) is 13.4. The maximum atomic E-state index is 9.12. The van der Waals surface area contributed by atoms with Crippen molar-refractivity contribution in [2.75, 3.05) is 13.2 Å². The first-order valence-electron chi connectivity index (χ1n) is 3.36. The summed E-state index contributed by atoms with van der Waals surface area (Å²) >= 11 is 0. The quantitative estimate of drug-likeness (QED) is 0.624. The van der Waals surface area contributed by atoms with E-state index >= 15 is 0 Å². The maximum Gasteiger partial charge on any atom is 0.0824 e. The molecule has 0 aromatic heterocycles. The van der Waals surface area contributed by atoms with Gasteiger partial charge in [-0.15, -0.1) is 0 Å². The summed E-state index contributed by atoms with van der Waals surface area (Å²) in [6.07, 6.45) is 1.01. The molecule has 10 heavy (non-hydrogen) atoms. The molecule has 0 rings (SSSR count). The molecule has 1 N–H and O–H groups in total. The van der Waals surface area contributed by atoms with Crippen LogP contribution in [0.3, 0.4) is 0 Å². The van der Waals surface area contributed by atoms with Crippen molar-refractivity contribution in [2.24, 2.45) is 0 Å². The van der Waals surface area contributed by atoms with Gasteiger partial charge in [-0.2, -0.15) is 0 Å². The fourth-order valence-corrected chi connectivity index (χ4v) is 0.466. The minimum absolute atomic E-state index is 0. The van der Waals surface area contributed by atoms with E-state index < -0.39 is 5.60 Å². The Hall–Kier alpha value is 0.790. The van der Waals surface area contributed by atoms with Gasteiger partial charge in [0.05, 0.1) is 12.2 Å². The van der Waals surface area contributed by atoms with E-state index in [2.05, 4.69) is 0 Å². The zero-order valence-corrected chi connectivity index (χ0v) is 10.6. The van der Waals surface area contributed by atoms with E-state index in [0.29, 0.717) is 6.61 Å². The van der Waals surface area contributed by atoms with Crippen molar-refractivity contribution in [3.8, 4) is 0 Å². The van der Waals surface area contributed by atoms with E-state index in [1.54, 1.807) is 13.8 Å². The molecule has 0 aliphatic carbocycles. The molecule has 0 saturated carbocycles. The fourth-order valence-electron chi connectivity index (χ4n) is 0.466. The van der Waals surface area contributed by atoms with Crippen molar-refractivity contribution in [1.29, 1.82) is 0 Å². The van der Waals surface area contributed by atoms with E-state index in [1.165, 1.54) is 0 Å². The Morgan fingerprint density at radius 2 is 1.90 bits per heavy atom. The zero-order valence-electron chi connectivity index (χ0n) is 6.98. The van der Waals surface area contributed by atoms with Crippen LogP contribution >= 0.6 is 0 Å².